The van der Waals surface area contributed by atoms with Gasteiger partial charge in [0, 0.05) is 23.2 Å². The van der Waals surface area contributed by atoms with Gasteiger partial charge in [-0.05, 0) is 25.5 Å². The molecule has 2 nitrogen and oxygen atoms in total. The largest absolute Gasteiger partial charge is 0.384 e. The van der Waals surface area contributed by atoms with Gasteiger partial charge in [-0.1, -0.05) is 48.5 Å². The number of anilines is 1. The van der Waals surface area contributed by atoms with Crippen molar-refractivity contribution in [3.05, 3.63) is 60.2 Å². The van der Waals surface area contributed by atoms with Crippen molar-refractivity contribution in [2.75, 3.05) is 11.9 Å². The van der Waals surface area contributed by atoms with Crippen LogP contribution in [-0.2, 0) is 0 Å². The van der Waals surface area contributed by atoms with Crippen LogP contribution in [0.5, 0.6) is 0 Å². The quantitative estimate of drug-likeness (QED) is 0.743. The van der Waals surface area contributed by atoms with E-state index in [1.807, 2.05) is 12.1 Å². The summed E-state index contributed by atoms with van der Waals surface area (Å²) in [6.07, 6.45) is 0. The van der Waals surface area contributed by atoms with Gasteiger partial charge in [-0.25, -0.2) is 4.98 Å². The second kappa shape index (κ2) is 5.33. The molecule has 2 aromatic carbocycles. The Balaban J connectivity index is 2.31. The highest BCUT2D eigenvalue weighted by Crippen LogP contribution is 2.32. The van der Waals surface area contributed by atoms with Gasteiger partial charge in [0.25, 0.3) is 0 Å². The molecule has 0 atom stereocenters. The van der Waals surface area contributed by atoms with Crippen LogP contribution in [0.2, 0.25) is 0 Å². The van der Waals surface area contributed by atoms with E-state index in [0.29, 0.717) is 0 Å². The number of fused-ring (bicyclic) bond motifs is 1. The van der Waals surface area contributed by atoms with E-state index in [1.165, 1.54) is 16.6 Å². The maximum absolute atomic E-state index is 4.85. The van der Waals surface area contributed by atoms with Gasteiger partial charge in [0.1, 0.15) is 0 Å². The van der Waals surface area contributed by atoms with E-state index in [2.05, 4.69) is 61.6 Å². The maximum atomic E-state index is 4.85. The number of pyridine rings is 1. The van der Waals surface area contributed by atoms with E-state index >= 15 is 0 Å². The first-order valence-corrected chi connectivity index (χ1v) is 7.00. The molecule has 1 heterocycles. The molecule has 0 aliphatic rings. The van der Waals surface area contributed by atoms with Crippen LogP contribution in [0.25, 0.3) is 22.2 Å². The lowest BCUT2D eigenvalue weighted by molar-refractivity contribution is 1.20. The SMILES string of the molecule is CCNc1c(C)c(-c2ccccc2)nc2ccccc12. The molecule has 3 aromatic rings. The van der Waals surface area contributed by atoms with Crippen LogP contribution in [0.15, 0.2) is 54.6 Å². The summed E-state index contributed by atoms with van der Waals surface area (Å²) in [5.41, 5.74) is 5.65. The molecule has 100 valence electrons. The predicted molar refractivity (Wildman–Crippen MR) is 86.1 cm³/mol. The minimum Gasteiger partial charge on any atom is -0.384 e. The van der Waals surface area contributed by atoms with Crippen molar-refractivity contribution >= 4 is 16.6 Å². The number of nitrogens with zero attached hydrogens (tertiary/aromatic N) is 1. The van der Waals surface area contributed by atoms with E-state index in [1.54, 1.807) is 0 Å². The van der Waals surface area contributed by atoms with Gasteiger partial charge in [-0.15, -0.1) is 0 Å². The smallest absolute Gasteiger partial charge is 0.0759 e. The summed E-state index contributed by atoms with van der Waals surface area (Å²) in [6.45, 7) is 5.17. The summed E-state index contributed by atoms with van der Waals surface area (Å²) in [5, 5.41) is 4.68. The number of para-hydroxylation sites is 1. The molecule has 0 amide bonds. The van der Waals surface area contributed by atoms with Crippen molar-refractivity contribution in [3.8, 4) is 11.3 Å². The average molecular weight is 262 g/mol. The summed E-state index contributed by atoms with van der Waals surface area (Å²) in [5.74, 6) is 0. The summed E-state index contributed by atoms with van der Waals surface area (Å²) >= 11 is 0. The second-order valence-electron chi connectivity index (χ2n) is 4.87. The van der Waals surface area contributed by atoms with Gasteiger partial charge in [0.05, 0.1) is 11.2 Å². The summed E-state index contributed by atoms with van der Waals surface area (Å²) in [6, 6.07) is 18.7. The number of hydrogen-bond acceptors (Lipinski definition) is 2. The number of nitrogens with one attached hydrogen (secondary N) is 1. The highest BCUT2D eigenvalue weighted by atomic mass is 14.9. The molecule has 0 saturated heterocycles. The highest BCUT2D eigenvalue weighted by Gasteiger charge is 2.12. The fourth-order valence-electron chi connectivity index (χ4n) is 2.59. The number of aromatic nitrogens is 1. The first-order chi connectivity index (χ1) is 9.81. The van der Waals surface area contributed by atoms with Crippen molar-refractivity contribution in [2.24, 2.45) is 0 Å². The molecule has 0 fully saturated rings. The van der Waals surface area contributed by atoms with Crippen LogP contribution in [0.4, 0.5) is 5.69 Å². The lowest BCUT2D eigenvalue weighted by Gasteiger charge is -2.15. The van der Waals surface area contributed by atoms with Gasteiger partial charge >= 0.3 is 0 Å². The zero-order valence-corrected chi connectivity index (χ0v) is 11.9. The molecule has 1 aromatic heterocycles. The lowest BCUT2D eigenvalue weighted by atomic mass is 10.0. The molecule has 0 radical (unpaired) electrons. The van der Waals surface area contributed by atoms with Gasteiger partial charge in [-0.2, -0.15) is 0 Å². The molecule has 0 unspecified atom stereocenters. The van der Waals surface area contributed by atoms with Crippen molar-refractivity contribution in [1.82, 2.24) is 4.98 Å². The molecule has 0 aliphatic heterocycles. The van der Waals surface area contributed by atoms with E-state index < -0.39 is 0 Å². The monoisotopic (exact) mass is 262 g/mol. The van der Waals surface area contributed by atoms with E-state index in [0.717, 1.165) is 23.3 Å². The molecule has 0 aliphatic carbocycles. The molecule has 0 bridgehead atoms. The van der Waals surface area contributed by atoms with Crippen LogP contribution in [-0.4, -0.2) is 11.5 Å². The van der Waals surface area contributed by atoms with Crippen molar-refractivity contribution < 1.29 is 0 Å². The van der Waals surface area contributed by atoms with Crippen LogP contribution in [0.3, 0.4) is 0 Å². The van der Waals surface area contributed by atoms with Crippen LogP contribution >= 0.6 is 0 Å². The third-order valence-electron chi connectivity index (χ3n) is 3.54. The zero-order chi connectivity index (χ0) is 13.9. The van der Waals surface area contributed by atoms with E-state index in [4.69, 9.17) is 4.98 Å². The van der Waals surface area contributed by atoms with Gasteiger partial charge in [0.15, 0.2) is 0 Å². The Morgan fingerprint density at radius 2 is 1.65 bits per heavy atom. The first-order valence-electron chi connectivity index (χ1n) is 7.00. The Kier molecular flexibility index (Phi) is 3.38. The minimum atomic E-state index is 0.906. The van der Waals surface area contributed by atoms with Gasteiger partial charge < -0.3 is 5.32 Å². The molecule has 2 heteroatoms. The van der Waals surface area contributed by atoms with Crippen molar-refractivity contribution in [2.45, 2.75) is 13.8 Å². The van der Waals surface area contributed by atoms with Crippen molar-refractivity contribution in [1.29, 1.82) is 0 Å². The zero-order valence-electron chi connectivity index (χ0n) is 11.9. The fourth-order valence-corrected chi connectivity index (χ4v) is 2.59. The molecule has 20 heavy (non-hydrogen) atoms. The summed E-state index contributed by atoms with van der Waals surface area (Å²) < 4.78 is 0. The molecular formula is C18H18N2. The highest BCUT2D eigenvalue weighted by molar-refractivity contribution is 5.96. The summed E-state index contributed by atoms with van der Waals surface area (Å²) in [4.78, 5) is 4.85. The van der Waals surface area contributed by atoms with Crippen LogP contribution in [0.1, 0.15) is 12.5 Å². The number of hydrogen-bond donors (Lipinski definition) is 1. The summed E-state index contributed by atoms with van der Waals surface area (Å²) in [7, 11) is 0. The lowest BCUT2D eigenvalue weighted by Crippen LogP contribution is -2.02. The Morgan fingerprint density at radius 3 is 2.40 bits per heavy atom. The third-order valence-corrected chi connectivity index (χ3v) is 3.54. The normalized spacial score (nSPS) is 10.7. The standard InChI is InChI=1S/C18H18N2/c1-3-19-18-13(2)17(14-9-5-4-6-10-14)20-16-12-8-7-11-15(16)18/h4-12H,3H2,1-2H3,(H,19,20). The number of rotatable bonds is 3. The van der Waals surface area contributed by atoms with Gasteiger partial charge in [-0.3, -0.25) is 0 Å². The Hall–Kier alpha value is -2.35. The van der Waals surface area contributed by atoms with E-state index in [-0.39, 0.29) is 0 Å². The average Bonchev–Trinajstić information content (AvgIpc) is 2.51. The maximum Gasteiger partial charge on any atom is 0.0759 e. The first kappa shape index (κ1) is 12.7. The van der Waals surface area contributed by atoms with Gasteiger partial charge in [0.2, 0.25) is 0 Å². The second-order valence-corrected chi connectivity index (χ2v) is 4.87. The predicted octanol–water partition coefficient (Wildman–Crippen LogP) is 4.64. The molecule has 0 saturated carbocycles. The Morgan fingerprint density at radius 1 is 0.950 bits per heavy atom. The fraction of sp³-hybridized carbons (Fsp3) is 0.167. The molecule has 0 spiro atoms. The van der Waals surface area contributed by atoms with Crippen molar-refractivity contribution in [3.63, 3.8) is 0 Å². The van der Waals surface area contributed by atoms with E-state index in [9.17, 15) is 0 Å². The molecular weight excluding hydrogens is 244 g/mol. The Bertz CT molecular complexity index is 733. The topological polar surface area (TPSA) is 24.9 Å². The molecule has 1 N–H and O–H groups in total. The van der Waals surface area contributed by atoms with Crippen LogP contribution < -0.4 is 5.32 Å². The molecule has 3 rings (SSSR count). The Labute approximate surface area is 119 Å². The third kappa shape index (κ3) is 2.14. The van der Waals surface area contributed by atoms with Crippen LogP contribution in [0, 0.1) is 6.92 Å². The minimum absolute atomic E-state index is 0.906. The number of benzene rings is 2.